The summed E-state index contributed by atoms with van der Waals surface area (Å²) >= 11 is 0. The lowest BCUT2D eigenvalue weighted by atomic mass is 9.93. The van der Waals surface area contributed by atoms with Crippen molar-refractivity contribution >= 4 is 159 Å². The second-order valence-electron chi connectivity index (χ2n) is 19.2. The molecule has 1 N–H and O–H groups in total. The van der Waals surface area contributed by atoms with Crippen molar-refractivity contribution in [1.82, 2.24) is 0 Å². The van der Waals surface area contributed by atoms with E-state index < -0.39 is 0 Å². The third-order valence-electron chi connectivity index (χ3n) is 15.2. The van der Waals surface area contributed by atoms with Gasteiger partial charge < -0.3 is 23.5 Å². The normalized spacial score (nSPS) is 12.1. The molecular weight excluding hydrogens is 893 g/mol. The van der Waals surface area contributed by atoms with E-state index in [1.807, 2.05) is 36.4 Å². The van der Waals surface area contributed by atoms with Crippen LogP contribution in [0.25, 0.3) is 130 Å². The molecule has 0 aliphatic carbocycles. The van der Waals surface area contributed by atoms with E-state index in [2.05, 4.69) is 210 Å². The fourth-order valence-corrected chi connectivity index (χ4v) is 11.9. The number of para-hydroxylation sites is 5. The molecule has 0 atom stereocenters. The van der Waals surface area contributed by atoms with E-state index in [0.717, 1.165) is 94.3 Å². The average molecular weight is 933 g/mol. The third kappa shape index (κ3) is 5.97. The minimum absolute atomic E-state index is 0.867. The molecule has 0 amide bonds. The monoisotopic (exact) mass is 932 g/mol. The van der Waals surface area contributed by atoms with Gasteiger partial charge in [-0.05, 0) is 115 Å². The Kier molecular flexibility index (Phi) is 8.39. The molecule has 0 fully saturated rings. The van der Waals surface area contributed by atoms with Crippen LogP contribution in [-0.4, -0.2) is 0 Å². The van der Waals surface area contributed by atoms with E-state index in [0.29, 0.717) is 0 Å². The van der Waals surface area contributed by atoms with Crippen LogP contribution in [0.2, 0.25) is 0 Å². The van der Waals surface area contributed by atoms with E-state index in [1.54, 1.807) is 0 Å². The fourth-order valence-electron chi connectivity index (χ4n) is 11.9. The molecule has 17 aromatic rings. The lowest BCUT2D eigenvalue weighted by Crippen LogP contribution is -2.11. The van der Waals surface area contributed by atoms with Gasteiger partial charge in [0.05, 0.1) is 17.1 Å². The molecule has 3 aromatic heterocycles. The molecule has 0 saturated carbocycles. The van der Waals surface area contributed by atoms with Crippen LogP contribution in [0.4, 0.5) is 28.4 Å². The highest BCUT2D eigenvalue weighted by Crippen LogP contribution is 2.48. The summed E-state index contributed by atoms with van der Waals surface area (Å²) in [6.07, 6.45) is 0. The first-order valence-corrected chi connectivity index (χ1v) is 24.8. The molecule has 14 aromatic carbocycles. The van der Waals surface area contributed by atoms with Gasteiger partial charge in [-0.2, -0.15) is 0 Å². The summed E-state index contributed by atoms with van der Waals surface area (Å²) in [5.74, 6) is 0. The van der Waals surface area contributed by atoms with Crippen LogP contribution in [0.15, 0.2) is 250 Å². The summed E-state index contributed by atoms with van der Waals surface area (Å²) in [6.45, 7) is 0. The quantitative estimate of drug-likeness (QED) is 0.174. The van der Waals surface area contributed by atoms with Crippen molar-refractivity contribution in [2.45, 2.75) is 0 Å². The van der Waals surface area contributed by atoms with Gasteiger partial charge in [0.15, 0.2) is 11.2 Å². The van der Waals surface area contributed by atoms with Crippen molar-refractivity contribution in [2.75, 3.05) is 10.2 Å². The lowest BCUT2D eigenvalue weighted by molar-refractivity contribution is 0.668. The smallest absolute Gasteiger partial charge is 0.159 e. The highest BCUT2D eigenvalue weighted by Gasteiger charge is 2.24. The Morgan fingerprint density at radius 1 is 0.260 bits per heavy atom. The van der Waals surface area contributed by atoms with Crippen molar-refractivity contribution in [3.8, 4) is 0 Å². The number of rotatable bonds is 5. The van der Waals surface area contributed by atoms with Crippen molar-refractivity contribution in [1.29, 1.82) is 0 Å². The van der Waals surface area contributed by atoms with Crippen LogP contribution in [0.1, 0.15) is 0 Å². The van der Waals surface area contributed by atoms with Crippen molar-refractivity contribution in [3.63, 3.8) is 0 Å². The predicted octanol–water partition coefficient (Wildman–Crippen LogP) is 20.1. The molecule has 340 valence electrons. The standard InChI is InChI=1S/C40H23NO2.C28H17NO/c1-4-14-36-28(9-1)30-11-6-12-34(40(30)43-36)41(27-19-22-37-32(23-27)29-10-2-3-13-35(29)42-37)33-21-18-26-16-15-24-7-5-8-25-17-20-31(33)39(26)38(24)25;1-2-10-25-20(7-1)21-8-4-9-24(28(21)30-25)29-23-16-14-19-12-11-17-5-3-6-18-13-15-22(23)27(19)26(17)18/h1-23H;1-16,29H. The summed E-state index contributed by atoms with van der Waals surface area (Å²) < 4.78 is 19.1. The minimum Gasteiger partial charge on any atom is -0.456 e. The number of nitrogens with one attached hydrogen (secondary N) is 1. The van der Waals surface area contributed by atoms with Gasteiger partial charge in [0, 0.05) is 54.5 Å². The van der Waals surface area contributed by atoms with E-state index >= 15 is 0 Å². The number of hydrogen-bond donors (Lipinski definition) is 1. The Morgan fingerprint density at radius 2 is 0.726 bits per heavy atom. The first kappa shape index (κ1) is 39.9. The summed E-state index contributed by atoms with van der Waals surface area (Å²) in [5, 5.41) is 25.6. The summed E-state index contributed by atoms with van der Waals surface area (Å²) in [5.41, 5.74) is 10.5. The fraction of sp³-hybridized carbons (Fsp3) is 0. The number of furan rings is 3. The molecule has 5 heteroatoms. The maximum Gasteiger partial charge on any atom is 0.159 e. The van der Waals surface area contributed by atoms with Crippen LogP contribution < -0.4 is 10.2 Å². The highest BCUT2D eigenvalue weighted by atomic mass is 16.3. The van der Waals surface area contributed by atoms with Crippen molar-refractivity contribution < 1.29 is 13.3 Å². The van der Waals surface area contributed by atoms with Gasteiger partial charge in [0.25, 0.3) is 0 Å². The van der Waals surface area contributed by atoms with Crippen LogP contribution in [0.3, 0.4) is 0 Å². The summed E-state index contributed by atoms with van der Waals surface area (Å²) in [6, 6.07) is 83.8. The Hall–Kier alpha value is -9.84. The number of nitrogens with zero attached hydrogens (tertiary/aromatic N) is 1. The molecule has 0 saturated heterocycles. The summed E-state index contributed by atoms with van der Waals surface area (Å²) in [7, 11) is 0. The van der Waals surface area contributed by atoms with E-state index in [4.69, 9.17) is 13.3 Å². The minimum atomic E-state index is 0.867. The zero-order valence-electron chi connectivity index (χ0n) is 39.2. The second kappa shape index (κ2) is 15.3. The van der Waals surface area contributed by atoms with Gasteiger partial charge in [-0.15, -0.1) is 0 Å². The predicted molar refractivity (Wildman–Crippen MR) is 307 cm³/mol. The van der Waals surface area contributed by atoms with Gasteiger partial charge in [-0.25, -0.2) is 0 Å². The molecular formula is C68H40N2O3. The number of hydrogen-bond acceptors (Lipinski definition) is 5. The molecule has 0 unspecified atom stereocenters. The number of fused-ring (bicyclic) bond motifs is 9. The molecule has 0 aliphatic rings. The van der Waals surface area contributed by atoms with Gasteiger partial charge >= 0.3 is 0 Å². The molecule has 73 heavy (non-hydrogen) atoms. The number of benzene rings is 14. The number of anilines is 5. The first-order valence-electron chi connectivity index (χ1n) is 24.8. The van der Waals surface area contributed by atoms with E-state index in [-0.39, 0.29) is 0 Å². The van der Waals surface area contributed by atoms with Gasteiger partial charge in [0.1, 0.15) is 22.3 Å². The van der Waals surface area contributed by atoms with Gasteiger partial charge in [-0.1, -0.05) is 176 Å². The molecule has 3 heterocycles. The maximum absolute atomic E-state index is 6.62. The topological polar surface area (TPSA) is 54.7 Å². The highest BCUT2D eigenvalue weighted by molar-refractivity contribution is 6.27. The first-order chi connectivity index (χ1) is 36.2. The Morgan fingerprint density at radius 3 is 1.40 bits per heavy atom. The Labute approximate surface area is 416 Å². The van der Waals surface area contributed by atoms with Crippen LogP contribution in [0.5, 0.6) is 0 Å². The Bertz CT molecular complexity index is 5010. The molecule has 0 aliphatic heterocycles. The zero-order chi connectivity index (χ0) is 47.7. The zero-order valence-corrected chi connectivity index (χ0v) is 39.2. The van der Waals surface area contributed by atoms with Crippen molar-refractivity contribution in [2.24, 2.45) is 0 Å². The van der Waals surface area contributed by atoms with E-state index in [9.17, 15) is 0 Å². The van der Waals surface area contributed by atoms with E-state index in [1.165, 1.54) is 64.6 Å². The molecule has 0 radical (unpaired) electrons. The summed E-state index contributed by atoms with van der Waals surface area (Å²) in [4.78, 5) is 2.36. The van der Waals surface area contributed by atoms with Crippen LogP contribution in [-0.2, 0) is 0 Å². The largest absolute Gasteiger partial charge is 0.456 e. The average Bonchev–Trinajstić information content (AvgIpc) is 4.15. The molecule has 0 spiro atoms. The molecule has 17 rings (SSSR count). The van der Waals surface area contributed by atoms with Crippen LogP contribution in [0, 0.1) is 0 Å². The van der Waals surface area contributed by atoms with Crippen molar-refractivity contribution in [3.05, 3.63) is 237 Å². The maximum atomic E-state index is 6.62. The SMILES string of the molecule is c1cc2ccc3ccc(N(c4ccc5oc6ccccc6c5c4)c4cccc5c4oc4ccccc45)c4ccc(c1)c2c34.c1cc2ccc3ccc(Nc4cccc5c4oc4ccccc45)c4ccc(c1)c2c34. The van der Waals surface area contributed by atoms with Gasteiger partial charge in [-0.3, -0.25) is 0 Å². The van der Waals surface area contributed by atoms with Crippen LogP contribution >= 0.6 is 0 Å². The third-order valence-corrected chi connectivity index (χ3v) is 15.2. The Balaban J connectivity index is 0.000000133. The molecule has 5 nitrogen and oxygen atoms in total. The molecule has 0 bridgehead atoms. The second-order valence-corrected chi connectivity index (χ2v) is 19.2. The lowest BCUT2D eigenvalue weighted by Gasteiger charge is -2.27. The van der Waals surface area contributed by atoms with Gasteiger partial charge in [0.2, 0.25) is 0 Å².